The SMILES string of the molecule is CCc1oc(C(=O)NC2CCCN(c3ccccc3F)C2=O)cc1C(=O)O. The number of piperidine rings is 1. The molecular weight excluding hydrogens is 355 g/mol. The van der Waals surface area contributed by atoms with E-state index in [0.717, 1.165) is 6.07 Å². The predicted octanol–water partition coefficient (Wildman–Crippen LogP) is 2.60. The van der Waals surface area contributed by atoms with Gasteiger partial charge in [-0.3, -0.25) is 9.59 Å². The van der Waals surface area contributed by atoms with E-state index in [1.54, 1.807) is 13.0 Å². The van der Waals surface area contributed by atoms with E-state index >= 15 is 0 Å². The van der Waals surface area contributed by atoms with Crippen LogP contribution in [0.1, 0.15) is 46.4 Å². The predicted molar refractivity (Wildman–Crippen MR) is 94.3 cm³/mol. The number of para-hydroxylation sites is 1. The van der Waals surface area contributed by atoms with Gasteiger partial charge < -0.3 is 19.7 Å². The molecule has 3 rings (SSSR count). The molecule has 1 aromatic carbocycles. The standard InChI is InChI=1S/C19H19FN2O5/c1-2-15-11(19(25)26)10-16(27-15)17(23)21-13-7-5-9-22(18(13)24)14-8-4-3-6-12(14)20/h3-4,6,8,10,13H,2,5,7,9H2,1H3,(H,21,23)(H,25,26). The zero-order valence-corrected chi connectivity index (χ0v) is 14.7. The Bertz CT molecular complexity index is 892. The van der Waals surface area contributed by atoms with E-state index in [1.807, 2.05) is 0 Å². The lowest BCUT2D eigenvalue weighted by molar-refractivity contribution is -0.121. The fraction of sp³-hybridized carbons (Fsp3) is 0.316. The Hall–Kier alpha value is -3.16. The first-order valence-electron chi connectivity index (χ1n) is 8.65. The first-order valence-corrected chi connectivity index (χ1v) is 8.65. The van der Waals surface area contributed by atoms with Crippen molar-refractivity contribution in [3.63, 3.8) is 0 Å². The molecule has 1 fully saturated rings. The van der Waals surface area contributed by atoms with Gasteiger partial charge in [-0.15, -0.1) is 0 Å². The van der Waals surface area contributed by atoms with Gasteiger partial charge in [0.2, 0.25) is 5.91 Å². The molecule has 1 aromatic heterocycles. The second kappa shape index (κ2) is 7.61. The van der Waals surface area contributed by atoms with E-state index in [4.69, 9.17) is 9.52 Å². The maximum atomic E-state index is 14.0. The number of furan rings is 1. The zero-order valence-electron chi connectivity index (χ0n) is 14.7. The monoisotopic (exact) mass is 374 g/mol. The third-order valence-corrected chi connectivity index (χ3v) is 4.47. The molecule has 2 heterocycles. The quantitative estimate of drug-likeness (QED) is 0.838. The highest BCUT2D eigenvalue weighted by Crippen LogP contribution is 2.24. The number of carbonyl (C=O) groups is 3. The average molecular weight is 374 g/mol. The summed E-state index contributed by atoms with van der Waals surface area (Å²) in [5, 5.41) is 11.7. The van der Waals surface area contributed by atoms with Crippen LogP contribution in [0.2, 0.25) is 0 Å². The topological polar surface area (TPSA) is 99.9 Å². The lowest BCUT2D eigenvalue weighted by Crippen LogP contribution is -2.52. The molecule has 142 valence electrons. The minimum Gasteiger partial charge on any atom is -0.478 e. The number of carboxylic acids is 1. The van der Waals surface area contributed by atoms with Crippen LogP contribution in [0.3, 0.4) is 0 Å². The van der Waals surface area contributed by atoms with Gasteiger partial charge in [-0.1, -0.05) is 19.1 Å². The van der Waals surface area contributed by atoms with Crippen molar-refractivity contribution in [2.75, 3.05) is 11.4 Å². The molecule has 0 saturated carbocycles. The van der Waals surface area contributed by atoms with Crippen LogP contribution >= 0.6 is 0 Å². The fourth-order valence-electron chi connectivity index (χ4n) is 3.13. The van der Waals surface area contributed by atoms with Crippen molar-refractivity contribution in [2.24, 2.45) is 0 Å². The third-order valence-electron chi connectivity index (χ3n) is 4.47. The molecule has 0 aliphatic carbocycles. The fourth-order valence-corrected chi connectivity index (χ4v) is 3.13. The van der Waals surface area contributed by atoms with Gasteiger partial charge in [-0.25, -0.2) is 9.18 Å². The van der Waals surface area contributed by atoms with Crippen molar-refractivity contribution in [1.82, 2.24) is 5.32 Å². The zero-order chi connectivity index (χ0) is 19.6. The summed E-state index contributed by atoms with van der Waals surface area (Å²) in [6.07, 6.45) is 1.31. The average Bonchev–Trinajstić information content (AvgIpc) is 3.09. The summed E-state index contributed by atoms with van der Waals surface area (Å²) in [5.41, 5.74) is 0.0893. The number of aromatic carboxylic acids is 1. The molecule has 0 radical (unpaired) electrons. The van der Waals surface area contributed by atoms with Crippen LogP contribution < -0.4 is 10.2 Å². The summed E-state index contributed by atoms with van der Waals surface area (Å²) in [6, 6.07) is 6.27. The lowest BCUT2D eigenvalue weighted by atomic mass is 10.0. The van der Waals surface area contributed by atoms with Gasteiger partial charge in [0.15, 0.2) is 5.76 Å². The lowest BCUT2D eigenvalue weighted by Gasteiger charge is -2.32. The van der Waals surface area contributed by atoms with Crippen LogP contribution in [0.15, 0.2) is 34.7 Å². The molecule has 2 amide bonds. The number of nitrogens with one attached hydrogen (secondary N) is 1. The van der Waals surface area contributed by atoms with Gasteiger partial charge in [-0.05, 0) is 25.0 Å². The van der Waals surface area contributed by atoms with Gasteiger partial charge in [0.1, 0.15) is 23.2 Å². The molecule has 1 atom stereocenters. The number of amides is 2. The summed E-state index contributed by atoms with van der Waals surface area (Å²) in [4.78, 5) is 37.6. The van der Waals surface area contributed by atoms with E-state index in [1.165, 1.54) is 23.1 Å². The minimum absolute atomic E-state index is 0.0781. The van der Waals surface area contributed by atoms with Gasteiger partial charge in [-0.2, -0.15) is 0 Å². The first-order chi connectivity index (χ1) is 12.9. The number of hydrogen-bond acceptors (Lipinski definition) is 4. The van der Waals surface area contributed by atoms with Crippen LogP contribution in [0, 0.1) is 5.82 Å². The number of benzene rings is 1. The Morgan fingerprint density at radius 3 is 2.74 bits per heavy atom. The van der Waals surface area contributed by atoms with Crippen molar-refractivity contribution < 1.29 is 28.3 Å². The van der Waals surface area contributed by atoms with E-state index in [9.17, 15) is 18.8 Å². The maximum Gasteiger partial charge on any atom is 0.339 e. The van der Waals surface area contributed by atoms with Crippen LogP contribution in [0.25, 0.3) is 0 Å². The second-order valence-electron chi connectivity index (χ2n) is 6.22. The van der Waals surface area contributed by atoms with E-state index in [2.05, 4.69) is 5.32 Å². The largest absolute Gasteiger partial charge is 0.478 e. The van der Waals surface area contributed by atoms with Crippen LogP contribution in [0.4, 0.5) is 10.1 Å². The van der Waals surface area contributed by atoms with Crippen LogP contribution in [0.5, 0.6) is 0 Å². The Balaban J connectivity index is 1.77. The van der Waals surface area contributed by atoms with Crippen molar-refractivity contribution >= 4 is 23.5 Å². The molecule has 1 saturated heterocycles. The highest BCUT2D eigenvalue weighted by atomic mass is 19.1. The molecule has 8 heteroatoms. The van der Waals surface area contributed by atoms with Crippen molar-refractivity contribution in [3.05, 3.63) is 53.2 Å². The summed E-state index contributed by atoms with van der Waals surface area (Å²) >= 11 is 0. The molecule has 7 nitrogen and oxygen atoms in total. The Kier molecular flexibility index (Phi) is 5.25. The molecule has 1 unspecified atom stereocenters. The summed E-state index contributed by atoms with van der Waals surface area (Å²) in [5.74, 6) is -2.77. The third kappa shape index (κ3) is 3.69. The number of carboxylic acid groups (broad SMARTS) is 1. The van der Waals surface area contributed by atoms with Crippen LogP contribution in [-0.4, -0.2) is 35.5 Å². The molecular formula is C19H19FN2O5. The highest BCUT2D eigenvalue weighted by molar-refractivity contribution is 6.03. The minimum atomic E-state index is -1.19. The molecule has 0 bridgehead atoms. The molecule has 2 N–H and O–H groups in total. The van der Waals surface area contributed by atoms with E-state index in [0.29, 0.717) is 25.8 Å². The van der Waals surface area contributed by atoms with Gasteiger partial charge >= 0.3 is 5.97 Å². The Morgan fingerprint density at radius 2 is 2.11 bits per heavy atom. The summed E-state index contributed by atoms with van der Waals surface area (Å²) in [7, 11) is 0. The van der Waals surface area contributed by atoms with Crippen LogP contribution in [-0.2, 0) is 11.2 Å². The number of carbonyl (C=O) groups excluding carboxylic acids is 2. The van der Waals surface area contributed by atoms with E-state index < -0.39 is 29.6 Å². The van der Waals surface area contributed by atoms with Gasteiger partial charge in [0.25, 0.3) is 5.91 Å². The van der Waals surface area contributed by atoms with Gasteiger partial charge in [0.05, 0.1) is 5.69 Å². The number of anilines is 1. The van der Waals surface area contributed by atoms with Gasteiger partial charge in [0, 0.05) is 19.0 Å². The number of nitrogens with zero attached hydrogens (tertiary/aromatic N) is 1. The molecule has 2 aromatic rings. The summed E-state index contributed by atoms with van der Waals surface area (Å²) < 4.78 is 19.3. The molecule has 1 aliphatic rings. The number of hydrogen-bond donors (Lipinski definition) is 2. The molecule has 1 aliphatic heterocycles. The van der Waals surface area contributed by atoms with Crippen molar-refractivity contribution in [3.8, 4) is 0 Å². The highest BCUT2D eigenvalue weighted by Gasteiger charge is 2.33. The maximum absolute atomic E-state index is 14.0. The number of halogens is 1. The molecule has 27 heavy (non-hydrogen) atoms. The number of rotatable bonds is 5. The normalized spacial score (nSPS) is 17.0. The smallest absolute Gasteiger partial charge is 0.339 e. The summed E-state index contributed by atoms with van der Waals surface area (Å²) in [6.45, 7) is 2.07. The first kappa shape index (κ1) is 18.6. The second-order valence-corrected chi connectivity index (χ2v) is 6.22. The Morgan fingerprint density at radius 1 is 1.37 bits per heavy atom. The number of aryl methyl sites for hydroxylation is 1. The Labute approximate surface area is 154 Å². The van der Waals surface area contributed by atoms with Crippen molar-refractivity contribution in [1.29, 1.82) is 0 Å². The van der Waals surface area contributed by atoms with E-state index in [-0.39, 0.29) is 22.8 Å². The molecule has 0 spiro atoms. The van der Waals surface area contributed by atoms with Crippen molar-refractivity contribution in [2.45, 2.75) is 32.2 Å².